The fraction of sp³-hybridized carbons (Fsp3) is 0.562. The Morgan fingerprint density at radius 1 is 1.09 bits per heavy atom. The molecular weight excluding hydrogens is 324 g/mol. The number of amides is 2. The molecule has 2 atom stereocenters. The minimum atomic E-state index is -1.56. The first-order valence-corrected chi connectivity index (χ1v) is 8.25. The van der Waals surface area contributed by atoms with E-state index in [1.165, 1.54) is 4.90 Å². The Bertz CT molecular complexity index is 539. The molecule has 126 valence electrons. The van der Waals surface area contributed by atoms with E-state index < -0.39 is 12.3 Å². The van der Waals surface area contributed by atoms with E-state index in [0.29, 0.717) is 5.02 Å². The van der Waals surface area contributed by atoms with Crippen molar-refractivity contribution in [2.24, 2.45) is 0 Å². The molecule has 2 heterocycles. The van der Waals surface area contributed by atoms with Crippen LogP contribution >= 0.6 is 11.6 Å². The van der Waals surface area contributed by atoms with Crippen LogP contribution in [0.5, 0.6) is 0 Å². The molecule has 2 aliphatic rings. The monoisotopic (exact) mass is 343 g/mol. The summed E-state index contributed by atoms with van der Waals surface area (Å²) in [6, 6.07) is 7.36. The van der Waals surface area contributed by atoms with Crippen molar-refractivity contribution in [2.75, 3.05) is 31.1 Å². The summed E-state index contributed by atoms with van der Waals surface area (Å²) in [6.07, 6.45) is -1.51. The summed E-state index contributed by atoms with van der Waals surface area (Å²) in [5.74, 6) is 0. The average molecular weight is 344 g/mol. The lowest BCUT2D eigenvalue weighted by molar-refractivity contribution is 0.197. The van der Waals surface area contributed by atoms with Crippen molar-refractivity contribution in [3.63, 3.8) is 0 Å². The minimum Gasteiger partial charge on any atom is -0.371 e. The van der Waals surface area contributed by atoms with Gasteiger partial charge in [0.2, 0.25) is 0 Å². The Labute approximate surface area is 139 Å². The van der Waals surface area contributed by atoms with Crippen LogP contribution in [0.1, 0.15) is 12.8 Å². The molecule has 2 aliphatic heterocycles. The number of hydrogen-bond donors (Lipinski definition) is 1. The van der Waals surface area contributed by atoms with E-state index in [9.17, 15) is 13.6 Å². The number of urea groups is 1. The SMILES string of the molecule is O=C(NC1CCN(c2ccc(Cl)cc2)CC1)N1C[C@@H](F)[C@@H](F)C1. The molecule has 4 nitrogen and oxygen atoms in total. The number of hydrogen-bond acceptors (Lipinski definition) is 2. The number of benzene rings is 1. The normalized spacial score (nSPS) is 25.7. The van der Waals surface area contributed by atoms with Crippen LogP contribution in [0.2, 0.25) is 5.02 Å². The maximum Gasteiger partial charge on any atom is 0.317 e. The van der Waals surface area contributed by atoms with Crippen LogP contribution in [0, 0.1) is 0 Å². The van der Waals surface area contributed by atoms with Crippen LogP contribution in [0.3, 0.4) is 0 Å². The summed E-state index contributed by atoms with van der Waals surface area (Å²) in [7, 11) is 0. The van der Waals surface area contributed by atoms with Crippen molar-refractivity contribution in [2.45, 2.75) is 31.2 Å². The summed E-state index contributed by atoms with van der Waals surface area (Å²) >= 11 is 5.89. The van der Waals surface area contributed by atoms with E-state index in [2.05, 4.69) is 10.2 Å². The smallest absolute Gasteiger partial charge is 0.317 e. The summed E-state index contributed by atoms with van der Waals surface area (Å²) < 4.78 is 26.3. The number of carbonyl (C=O) groups is 1. The van der Waals surface area contributed by atoms with Crippen LogP contribution in [0.4, 0.5) is 19.3 Å². The second-order valence-electron chi connectivity index (χ2n) is 6.12. The van der Waals surface area contributed by atoms with Crippen molar-refractivity contribution >= 4 is 23.3 Å². The van der Waals surface area contributed by atoms with Gasteiger partial charge in [0.05, 0.1) is 13.1 Å². The molecule has 1 aromatic carbocycles. The highest BCUT2D eigenvalue weighted by Crippen LogP contribution is 2.22. The molecule has 0 unspecified atom stereocenters. The first-order chi connectivity index (χ1) is 11.0. The molecule has 0 radical (unpaired) electrons. The third kappa shape index (κ3) is 3.86. The highest BCUT2D eigenvalue weighted by atomic mass is 35.5. The largest absolute Gasteiger partial charge is 0.371 e. The molecule has 0 aromatic heterocycles. The molecule has 0 aliphatic carbocycles. The Morgan fingerprint density at radius 3 is 2.22 bits per heavy atom. The number of rotatable bonds is 2. The van der Waals surface area contributed by atoms with Gasteiger partial charge in [0.15, 0.2) is 12.3 Å². The highest BCUT2D eigenvalue weighted by Gasteiger charge is 2.36. The Morgan fingerprint density at radius 2 is 1.65 bits per heavy atom. The molecule has 2 fully saturated rings. The van der Waals surface area contributed by atoms with Gasteiger partial charge in [-0.25, -0.2) is 13.6 Å². The molecule has 0 saturated carbocycles. The minimum absolute atomic E-state index is 0.0442. The first-order valence-electron chi connectivity index (χ1n) is 7.87. The summed E-state index contributed by atoms with van der Waals surface area (Å²) in [4.78, 5) is 15.5. The van der Waals surface area contributed by atoms with E-state index in [-0.39, 0.29) is 25.2 Å². The van der Waals surface area contributed by atoms with Crippen molar-refractivity contribution in [3.8, 4) is 0 Å². The fourth-order valence-corrected chi connectivity index (χ4v) is 3.22. The maximum absolute atomic E-state index is 13.2. The molecule has 2 amide bonds. The number of nitrogens with one attached hydrogen (secondary N) is 1. The zero-order valence-electron chi connectivity index (χ0n) is 12.7. The van der Waals surface area contributed by atoms with Gasteiger partial charge >= 0.3 is 6.03 Å². The highest BCUT2D eigenvalue weighted by molar-refractivity contribution is 6.30. The molecule has 0 bridgehead atoms. The van der Waals surface area contributed by atoms with E-state index >= 15 is 0 Å². The van der Waals surface area contributed by atoms with Gasteiger partial charge in [-0.3, -0.25) is 0 Å². The van der Waals surface area contributed by atoms with E-state index in [0.717, 1.165) is 31.6 Å². The quantitative estimate of drug-likeness (QED) is 0.896. The Hall–Kier alpha value is -1.56. The van der Waals surface area contributed by atoms with Crippen molar-refractivity contribution in [3.05, 3.63) is 29.3 Å². The van der Waals surface area contributed by atoms with Crippen molar-refractivity contribution in [1.82, 2.24) is 10.2 Å². The number of nitrogens with zero attached hydrogens (tertiary/aromatic N) is 2. The molecule has 23 heavy (non-hydrogen) atoms. The van der Waals surface area contributed by atoms with Crippen LogP contribution in [-0.2, 0) is 0 Å². The first kappa shape index (κ1) is 16.3. The maximum atomic E-state index is 13.2. The van der Waals surface area contributed by atoms with Gasteiger partial charge in [0.25, 0.3) is 0 Å². The summed E-state index contributed by atoms with van der Waals surface area (Å²) in [5.41, 5.74) is 1.11. The number of alkyl halides is 2. The predicted octanol–water partition coefficient (Wildman–Crippen LogP) is 3.01. The van der Waals surface area contributed by atoms with Gasteiger partial charge < -0.3 is 15.1 Å². The molecular formula is C16H20ClF2N3O. The van der Waals surface area contributed by atoms with E-state index in [1.807, 2.05) is 24.3 Å². The zero-order valence-corrected chi connectivity index (χ0v) is 13.5. The standard InChI is InChI=1S/C16H20ClF2N3O/c17-11-1-3-13(4-2-11)21-7-5-12(6-8-21)20-16(23)22-9-14(18)15(19)10-22/h1-4,12,14-15H,5-10H2,(H,20,23)/t14-,15+. The number of anilines is 1. The van der Waals surface area contributed by atoms with Gasteiger partial charge in [-0.1, -0.05) is 11.6 Å². The molecule has 3 rings (SSSR count). The van der Waals surface area contributed by atoms with Crippen molar-refractivity contribution in [1.29, 1.82) is 0 Å². The van der Waals surface area contributed by atoms with E-state index in [1.54, 1.807) is 0 Å². The van der Waals surface area contributed by atoms with E-state index in [4.69, 9.17) is 11.6 Å². The Kier molecular flexibility index (Phi) is 4.90. The molecule has 2 saturated heterocycles. The van der Waals surface area contributed by atoms with Crippen LogP contribution in [-0.4, -0.2) is 55.5 Å². The number of halogens is 3. The number of likely N-dealkylation sites (tertiary alicyclic amines) is 1. The van der Waals surface area contributed by atoms with Gasteiger partial charge in [-0.15, -0.1) is 0 Å². The van der Waals surface area contributed by atoms with Crippen molar-refractivity contribution < 1.29 is 13.6 Å². The molecule has 1 N–H and O–H groups in total. The second kappa shape index (κ2) is 6.91. The lowest BCUT2D eigenvalue weighted by Gasteiger charge is -2.34. The van der Waals surface area contributed by atoms with Crippen LogP contribution in [0.15, 0.2) is 24.3 Å². The topological polar surface area (TPSA) is 35.6 Å². The molecule has 7 heteroatoms. The van der Waals surface area contributed by atoms with Crippen LogP contribution < -0.4 is 10.2 Å². The van der Waals surface area contributed by atoms with Gasteiger partial charge in [-0.05, 0) is 37.1 Å². The molecule has 1 aromatic rings. The van der Waals surface area contributed by atoms with Gasteiger partial charge in [0, 0.05) is 29.8 Å². The third-order valence-corrected chi connectivity index (χ3v) is 4.74. The average Bonchev–Trinajstić information content (AvgIpc) is 2.88. The van der Waals surface area contributed by atoms with Gasteiger partial charge in [0.1, 0.15) is 0 Å². The number of carbonyl (C=O) groups excluding carboxylic acids is 1. The lowest BCUT2D eigenvalue weighted by Crippen LogP contribution is -2.49. The third-order valence-electron chi connectivity index (χ3n) is 4.48. The van der Waals surface area contributed by atoms with Gasteiger partial charge in [-0.2, -0.15) is 0 Å². The second-order valence-corrected chi connectivity index (χ2v) is 6.56. The Balaban J connectivity index is 1.47. The fourth-order valence-electron chi connectivity index (χ4n) is 3.09. The molecule has 0 spiro atoms. The van der Waals surface area contributed by atoms with Crippen LogP contribution in [0.25, 0.3) is 0 Å². The zero-order chi connectivity index (χ0) is 16.4. The lowest BCUT2D eigenvalue weighted by atomic mass is 10.0. The predicted molar refractivity (Wildman–Crippen MR) is 86.6 cm³/mol. The number of piperidine rings is 1. The summed E-state index contributed by atoms with van der Waals surface area (Å²) in [6.45, 7) is 1.33. The summed E-state index contributed by atoms with van der Waals surface area (Å²) in [5, 5.41) is 3.60.